The molecule has 0 radical (unpaired) electrons. The number of aryl methyl sites for hydroxylation is 1. The number of carbonyl (C=O) groups excluding carboxylic acids is 1. The molecule has 0 aliphatic heterocycles. The highest BCUT2D eigenvalue weighted by molar-refractivity contribution is 6.34. The van der Waals surface area contributed by atoms with Crippen molar-refractivity contribution in [2.45, 2.75) is 51.9 Å². The Bertz CT molecular complexity index is 966. The molecule has 4 rings (SSSR count). The lowest BCUT2D eigenvalue weighted by Crippen LogP contribution is -2.17. The first-order chi connectivity index (χ1) is 13.5. The van der Waals surface area contributed by atoms with E-state index in [-0.39, 0.29) is 11.8 Å². The topological polar surface area (TPSA) is 59.3 Å². The summed E-state index contributed by atoms with van der Waals surface area (Å²) in [5, 5.41) is 9.73. The van der Waals surface area contributed by atoms with Crippen molar-refractivity contribution in [3.63, 3.8) is 0 Å². The zero-order valence-corrected chi connectivity index (χ0v) is 16.8. The average molecular weight is 398 g/mol. The second kappa shape index (κ2) is 7.59. The van der Waals surface area contributed by atoms with Gasteiger partial charge in [-0.1, -0.05) is 29.8 Å². The van der Waals surface area contributed by atoms with Gasteiger partial charge in [0.2, 0.25) is 0 Å². The monoisotopic (exact) mass is 397 g/mol. The number of allylic oxidation sites excluding steroid dienone is 2. The fraction of sp³-hybridized carbons (Fsp3) is 0.391. The van der Waals surface area contributed by atoms with Gasteiger partial charge in [0.15, 0.2) is 0 Å². The van der Waals surface area contributed by atoms with Crippen LogP contribution in [0.25, 0.3) is 5.57 Å². The summed E-state index contributed by atoms with van der Waals surface area (Å²) in [6, 6.07) is 5.52. The van der Waals surface area contributed by atoms with Crippen molar-refractivity contribution < 1.29 is 14.7 Å². The van der Waals surface area contributed by atoms with Gasteiger partial charge < -0.3 is 5.11 Å². The normalized spacial score (nSPS) is 19.1. The van der Waals surface area contributed by atoms with Gasteiger partial charge in [-0.2, -0.15) is 0 Å². The first kappa shape index (κ1) is 19.0. The Morgan fingerprint density at radius 3 is 2.64 bits per heavy atom. The Kier molecular flexibility index (Phi) is 5.15. The molecule has 2 aromatic rings. The van der Waals surface area contributed by atoms with Gasteiger partial charge in [-0.05, 0) is 80.2 Å². The lowest BCUT2D eigenvalue weighted by molar-refractivity contribution is -0.141. The summed E-state index contributed by atoms with van der Waals surface area (Å²) in [6.45, 7) is 1.91. The summed E-state index contributed by atoms with van der Waals surface area (Å²) in [5.74, 6) is -1.10. The Morgan fingerprint density at radius 2 is 1.96 bits per heavy atom. The molecule has 0 saturated carbocycles. The van der Waals surface area contributed by atoms with E-state index in [1.807, 2.05) is 25.3 Å². The Balaban J connectivity index is 1.76. The number of aliphatic carboxylic acids is 1. The SMILES string of the molecule is Cc1cccc(Cl)c1C(=O)n1cc(C2=CCC(C(=O)O)CC2)c2c1CCCC2. The first-order valence-corrected chi connectivity index (χ1v) is 10.3. The summed E-state index contributed by atoms with van der Waals surface area (Å²) in [5.41, 5.74) is 6.08. The minimum atomic E-state index is -0.723. The Hall–Kier alpha value is -2.33. The number of carboxylic acids is 1. The largest absolute Gasteiger partial charge is 0.481 e. The standard InChI is InChI=1S/C23H24ClNO3/c1-14-5-4-7-19(24)21(14)22(26)25-13-18(17-6-2-3-8-20(17)25)15-9-11-16(12-10-15)23(27)28/h4-5,7,9,13,16H,2-3,6,8,10-12H2,1H3,(H,27,28). The predicted molar refractivity (Wildman–Crippen MR) is 110 cm³/mol. The number of carbonyl (C=O) groups is 2. The number of rotatable bonds is 3. The highest BCUT2D eigenvalue weighted by Crippen LogP contribution is 2.37. The molecule has 0 bridgehead atoms. The van der Waals surface area contributed by atoms with Crippen LogP contribution in [0.4, 0.5) is 0 Å². The van der Waals surface area contributed by atoms with E-state index in [0.717, 1.165) is 48.9 Å². The minimum absolute atomic E-state index is 0.0766. The molecule has 5 heteroatoms. The maximum Gasteiger partial charge on any atom is 0.306 e. The van der Waals surface area contributed by atoms with Crippen molar-refractivity contribution in [3.8, 4) is 0 Å². The molecule has 0 amide bonds. The summed E-state index contributed by atoms with van der Waals surface area (Å²) < 4.78 is 1.79. The number of carboxylic acid groups (broad SMARTS) is 1. The van der Waals surface area contributed by atoms with Crippen molar-refractivity contribution in [1.29, 1.82) is 0 Å². The van der Waals surface area contributed by atoms with Crippen LogP contribution in [-0.4, -0.2) is 21.6 Å². The van der Waals surface area contributed by atoms with E-state index in [1.165, 1.54) is 11.1 Å². The molecule has 4 nitrogen and oxygen atoms in total. The second-order valence-corrected chi connectivity index (χ2v) is 8.23. The number of hydrogen-bond acceptors (Lipinski definition) is 2. The third-order valence-corrected chi connectivity index (χ3v) is 6.39. The van der Waals surface area contributed by atoms with E-state index in [9.17, 15) is 14.7 Å². The van der Waals surface area contributed by atoms with E-state index >= 15 is 0 Å². The molecule has 1 aromatic carbocycles. The van der Waals surface area contributed by atoms with Crippen LogP contribution in [0.5, 0.6) is 0 Å². The lowest BCUT2D eigenvalue weighted by Gasteiger charge is -2.20. The number of aromatic nitrogens is 1. The quantitative estimate of drug-likeness (QED) is 0.765. The number of fused-ring (bicyclic) bond motifs is 1. The third kappa shape index (κ3) is 3.30. The molecule has 1 unspecified atom stereocenters. The van der Waals surface area contributed by atoms with E-state index in [1.54, 1.807) is 10.6 Å². The minimum Gasteiger partial charge on any atom is -0.481 e. The number of benzene rings is 1. The van der Waals surface area contributed by atoms with Crippen LogP contribution < -0.4 is 0 Å². The van der Waals surface area contributed by atoms with Crippen LogP contribution in [0.1, 0.15) is 64.8 Å². The van der Waals surface area contributed by atoms with Gasteiger partial charge >= 0.3 is 5.97 Å². The number of hydrogen-bond donors (Lipinski definition) is 1. The van der Waals surface area contributed by atoms with E-state index in [2.05, 4.69) is 6.08 Å². The van der Waals surface area contributed by atoms with Crippen molar-refractivity contribution in [2.24, 2.45) is 5.92 Å². The summed E-state index contributed by atoms with van der Waals surface area (Å²) in [7, 11) is 0. The second-order valence-electron chi connectivity index (χ2n) is 7.82. The van der Waals surface area contributed by atoms with Crippen LogP contribution in [0.3, 0.4) is 0 Å². The summed E-state index contributed by atoms with van der Waals surface area (Å²) >= 11 is 6.36. The maximum atomic E-state index is 13.4. The smallest absolute Gasteiger partial charge is 0.306 e. The van der Waals surface area contributed by atoms with E-state index in [4.69, 9.17) is 11.6 Å². The zero-order chi connectivity index (χ0) is 19.8. The van der Waals surface area contributed by atoms with Crippen LogP contribution in [0.2, 0.25) is 5.02 Å². The van der Waals surface area contributed by atoms with Gasteiger partial charge in [0, 0.05) is 11.9 Å². The maximum absolute atomic E-state index is 13.4. The third-order valence-electron chi connectivity index (χ3n) is 6.07. The Labute approximate surface area is 169 Å². The van der Waals surface area contributed by atoms with E-state index < -0.39 is 5.97 Å². The van der Waals surface area contributed by atoms with Crippen molar-refractivity contribution in [3.05, 3.63) is 63.4 Å². The van der Waals surface area contributed by atoms with Gasteiger partial charge in [0.05, 0.1) is 16.5 Å². The highest BCUT2D eigenvalue weighted by Gasteiger charge is 2.28. The number of halogens is 1. The van der Waals surface area contributed by atoms with Gasteiger partial charge in [-0.3, -0.25) is 14.2 Å². The molecule has 0 saturated heterocycles. The molecular weight excluding hydrogens is 374 g/mol. The fourth-order valence-corrected chi connectivity index (χ4v) is 4.82. The molecule has 28 heavy (non-hydrogen) atoms. The van der Waals surface area contributed by atoms with Gasteiger partial charge in [-0.25, -0.2) is 0 Å². The Morgan fingerprint density at radius 1 is 1.18 bits per heavy atom. The molecule has 1 aromatic heterocycles. The lowest BCUT2D eigenvalue weighted by atomic mass is 9.84. The molecular formula is C23H24ClNO3. The van der Waals surface area contributed by atoms with Gasteiger partial charge in [-0.15, -0.1) is 0 Å². The molecule has 0 fully saturated rings. The first-order valence-electron chi connectivity index (χ1n) is 9.92. The van der Waals surface area contributed by atoms with Crippen molar-refractivity contribution in [1.82, 2.24) is 4.57 Å². The number of nitrogens with zero attached hydrogens (tertiary/aromatic N) is 1. The summed E-state index contributed by atoms with van der Waals surface area (Å²) in [4.78, 5) is 24.6. The highest BCUT2D eigenvalue weighted by atomic mass is 35.5. The van der Waals surface area contributed by atoms with Crippen LogP contribution in [0.15, 0.2) is 30.5 Å². The van der Waals surface area contributed by atoms with Crippen LogP contribution in [0, 0.1) is 12.8 Å². The van der Waals surface area contributed by atoms with Gasteiger partial charge in [0.25, 0.3) is 5.91 Å². The fourth-order valence-electron chi connectivity index (χ4n) is 4.51. The molecule has 2 aliphatic carbocycles. The van der Waals surface area contributed by atoms with Crippen LogP contribution in [-0.2, 0) is 17.6 Å². The summed E-state index contributed by atoms with van der Waals surface area (Å²) in [6.07, 6.45) is 10.0. The molecule has 2 aliphatic rings. The van der Waals surface area contributed by atoms with Crippen LogP contribution >= 0.6 is 11.6 Å². The molecule has 1 heterocycles. The molecule has 0 spiro atoms. The van der Waals surface area contributed by atoms with Crippen molar-refractivity contribution >= 4 is 29.1 Å². The van der Waals surface area contributed by atoms with Gasteiger partial charge in [0.1, 0.15) is 0 Å². The zero-order valence-electron chi connectivity index (χ0n) is 16.0. The predicted octanol–water partition coefficient (Wildman–Crippen LogP) is 5.29. The van der Waals surface area contributed by atoms with E-state index in [0.29, 0.717) is 23.4 Å². The average Bonchev–Trinajstić information content (AvgIpc) is 3.07. The molecule has 146 valence electrons. The van der Waals surface area contributed by atoms with Crippen molar-refractivity contribution in [2.75, 3.05) is 0 Å². The molecule has 1 atom stereocenters. The molecule has 1 N–H and O–H groups in total.